The first-order valence-corrected chi connectivity index (χ1v) is 12.7. The van der Waals surface area contributed by atoms with Crippen molar-refractivity contribution in [3.8, 4) is 11.5 Å². The van der Waals surface area contributed by atoms with E-state index < -0.39 is 11.2 Å². The van der Waals surface area contributed by atoms with Gasteiger partial charge in [-0.05, 0) is 47.9 Å². The largest absolute Gasteiger partial charge is 0.493 e. The molecule has 0 fully saturated rings. The summed E-state index contributed by atoms with van der Waals surface area (Å²) in [5.74, 6) is 0.646. The van der Waals surface area contributed by atoms with Crippen LogP contribution in [0.5, 0.6) is 11.5 Å². The van der Waals surface area contributed by atoms with Crippen LogP contribution in [0.15, 0.2) is 70.3 Å². The Morgan fingerprint density at radius 3 is 2.05 bits per heavy atom. The molecule has 4 rings (SSSR count). The van der Waals surface area contributed by atoms with Crippen LogP contribution < -0.4 is 26.0 Å². The fourth-order valence-electron chi connectivity index (χ4n) is 4.23. The second kappa shape index (κ2) is 12.0. The summed E-state index contributed by atoms with van der Waals surface area (Å²) in [6.45, 7) is 2.94. The lowest BCUT2D eigenvalue weighted by Gasteiger charge is -2.17. The Kier molecular flexibility index (Phi) is 8.53. The van der Waals surface area contributed by atoms with Gasteiger partial charge in [-0.15, -0.1) is 0 Å². The topological polar surface area (TPSA) is 91.6 Å². The number of methoxy groups -OCH3 is 2. The number of hydrogen-bond acceptors (Lipinski definition) is 5. The lowest BCUT2D eigenvalue weighted by atomic mass is 10.1. The molecule has 0 saturated carbocycles. The number of benzene rings is 3. The van der Waals surface area contributed by atoms with Crippen LogP contribution in [0.1, 0.15) is 41.3 Å². The Labute approximate surface area is 225 Å². The molecular weight excluding hydrogens is 506 g/mol. The zero-order valence-corrected chi connectivity index (χ0v) is 22.4. The molecule has 9 heteroatoms. The fraction of sp³-hybridized carbons (Fsp3) is 0.276. The number of nitrogens with zero attached hydrogens (tertiary/aromatic N) is 2. The number of carbonyl (C=O) groups is 1. The third-order valence-corrected chi connectivity index (χ3v) is 6.61. The molecule has 0 unspecified atom stereocenters. The molecular formula is C29H30ClN3O5. The van der Waals surface area contributed by atoms with Gasteiger partial charge in [-0.25, -0.2) is 4.79 Å². The first-order chi connectivity index (χ1) is 18.4. The molecule has 0 saturated heterocycles. The standard InChI is InChI=1S/C29H30ClN3O5/c1-4-5-14-31-27(34)21-10-6-19(7-11-21)18-33-28(35)23-15-25(37-2)26(38-3)16-24(23)32(29(33)36)17-20-8-12-22(30)13-9-20/h6-13,15-16H,4-5,14,17-18H2,1-3H3,(H,31,34). The number of hydrogen-bond donors (Lipinski definition) is 1. The van der Waals surface area contributed by atoms with Gasteiger partial charge in [-0.2, -0.15) is 0 Å². The number of ether oxygens (including phenoxy) is 2. The van der Waals surface area contributed by atoms with Gasteiger partial charge in [0.1, 0.15) is 0 Å². The van der Waals surface area contributed by atoms with Gasteiger partial charge < -0.3 is 14.8 Å². The number of unbranched alkanes of at least 4 members (excludes halogenated alkanes) is 1. The third-order valence-electron chi connectivity index (χ3n) is 6.36. The lowest BCUT2D eigenvalue weighted by molar-refractivity contribution is 0.0953. The highest BCUT2D eigenvalue weighted by molar-refractivity contribution is 6.30. The van der Waals surface area contributed by atoms with Gasteiger partial charge in [0.25, 0.3) is 11.5 Å². The Morgan fingerprint density at radius 1 is 0.868 bits per heavy atom. The summed E-state index contributed by atoms with van der Waals surface area (Å²) in [4.78, 5) is 39.6. The number of rotatable bonds is 10. The van der Waals surface area contributed by atoms with Gasteiger partial charge in [-0.3, -0.25) is 18.7 Å². The molecule has 0 aliphatic carbocycles. The zero-order chi connectivity index (χ0) is 27.2. The van der Waals surface area contributed by atoms with Crippen molar-refractivity contribution in [2.24, 2.45) is 0 Å². The predicted molar refractivity (Wildman–Crippen MR) is 149 cm³/mol. The zero-order valence-electron chi connectivity index (χ0n) is 21.6. The number of carbonyl (C=O) groups excluding carboxylic acids is 1. The summed E-state index contributed by atoms with van der Waals surface area (Å²) in [5.41, 5.74) is 1.60. The molecule has 1 aromatic heterocycles. The van der Waals surface area contributed by atoms with E-state index in [0.717, 1.165) is 18.4 Å². The van der Waals surface area contributed by atoms with E-state index in [1.807, 2.05) is 12.1 Å². The lowest BCUT2D eigenvalue weighted by Crippen LogP contribution is -2.40. The van der Waals surface area contributed by atoms with Gasteiger partial charge in [-0.1, -0.05) is 49.2 Å². The quantitative estimate of drug-likeness (QED) is 0.303. The summed E-state index contributed by atoms with van der Waals surface area (Å²) in [7, 11) is 2.99. The van der Waals surface area contributed by atoms with Crippen molar-refractivity contribution in [1.82, 2.24) is 14.5 Å². The molecule has 8 nitrogen and oxygen atoms in total. The molecule has 3 aromatic carbocycles. The van der Waals surface area contributed by atoms with Gasteiger partial charge >= 0.3 is 5.69 Å². The van der Waals surface area contributed by atoms with Crippen molar-refractivity contribution in [2.75, 3.05) is 20.8 Å². The van der Waals surface area contributed by atoms with E-state index in [1.165, 1.54) is 23.4 Å². The number of halogens is 1. The van der Waals surface area contributed by atoms with Crippen LogP contribution in [-0.4, -0.2) is 35.8 Å². The molecule has 1 heterocycles. The molecule has 0 radical (unpaired) electrons. The monoisotopic (exact) mass is 535 g/mol. The Balaban J connectivity index is 1.78. The Morgan fingerprint density at radius 2 is 1.45 bits per heavy atom. The van der Waals surface area contributed by atoms with Crippen LogP contribution in [0.4, 0.5) is 0 Å². The van der Waals surface area contributed by atoms with Crippen molar-refractivity contribution < 1.29 is 14.3 Å². The van der Waals surface area contributed by atoms with Crippen molar-refractivity contribution in [3.63, 3.8) is 0 Å². The van der Waals surface area contributed by atoms with Crippen molar-refractivity contribution in [2.45, 2.75) is 32.9 Å². The molecule has 0 bridgehead atoms. The average molecular weight is 536 g/mol. The summed E-state index contributed by atoms with van der Waals surface area (Å²) >= 11 is 6.04. The minimum Gasteiger partial charge on any atom is -0.493 e. The second-order valence-electron chi connectivity index (χ2n) is 8.92. The first kappa shape index (κ1) is 27.0. The van der Waals surface area contributed by atoms with E-state index in [1.54, 1.807) is 48.5 Å². The second-order valence-corrected chi connectivity index (χ2v) is 9.35. The van der Waals surface area contributed by atoms with E-state index in [0.29, 0.717) is 45.1 Å². The highest BCUT2D eigenvalue weighted by Crippen LogP contribution is 2.30. The highest BCUT2D eigenvalue weighted by atomic mass is 35.5. The van der Waals surface area contributed by atoms with E-state index >= 15 is 0 Å². The van der Waals surface area contributed by atoms with Crippen LogP contribution in [0, 0.1) is 0 Å². The average Bonchev–Trinajstić information content (AvgIpc) is 2.94. The smallest absolute Gasteiger partial charge is 0.332 e. The maximum absolute atomic E-state index is 13.7. The normalized spacial score (nSPS) is 10.9. The van der Waals surface area contributed by atoms with E-state index in [2.05, 4.69) is 12.2 Å². The highest BCUT2D eigenvalue weighted by Gasteiger charge is 2.18. The van der Waals surface area contributed by atoms with Crippen molar-refractivity contribution in [3.05, 3.63) is 103 Å². The van der Waals surface area contributed by atoms with E-state index in [-0.39, 0.29) is 19.0 Å². The molecule has 0 aliphatic heterocycles. The minimum absolute atomic E-state index is 0.0420. The molecule has 4 aromatic rings. The van der Waals surface area contributed by atoms with E-state index in [9.17, 15) is 14.4 Å². The number of amides is 1. The number of nitrogens with one attached hydrogen (secondary N) is 1. The summed E-state index contributed by atoms with van der Waals surface area (Å²) in [6.07, 6.45) is 1.90. The Hall–Kier alpha value is -4.04. The van der Waals surface area contributed by atoms with Crippen molar-refractivity contribution >= 4 is 28.4 Å². The van der Waals surface area contributed by atoms with Crippen molar-refractivity contribution in [1.29, 1.82) is 0 Å². The minimum atomic E-state index is -0.467. The van der Waals surface area contributed by atoms with Gasteiger partial charge in [0, 0.05) is 23.2 Å². The number of aromatic nitrogens is 2. The number of fused-ring (bicyclic) bond motifs is 1. The maximum Gasteiger partial charge on any atom is 0.332 e. The third kappa shape index (κ3) is 5.75. The van der Waals surface area contributed by atoms with Crippen LogP contribution in [0.2, 0.25) is 5.02 Å². The van der Waals surface area contributed by atoms with Gasteiger partial charge in [0.05, 0.1) is 38.2 Å². The first-order valence-electron chi connectivity index (χ1n) is 12.4. The van der Waals surface area contributed by atoms with Gasteiger partial charge in [0.2, 0.25) is 0 Å². The maximum atomic E-state index is 13.7. The Bertz CT molecular complexity index is 1560. The SMILES string of the molecule is CCCCNC(=O)c1ccc(Cn2c(=O)c3cc(OC)c(OC)cc3n(Cc3ccc(Cl)cc3)c2=O)cc1. The van der Waals surface area contributed by atoms with Crippen LogP contribution in [0.25, 0.3) is 10.9 Å². The van der Waals surface area contributed by atoms with Crippen LogP contribution >= 0.6 is 11.6 Å². The summed E-state index contributed by atoms with van der Waals surface area (Å²) < 4.78 is 13.6. The molecule has 198 valence electrons. The molecule has 0 aliphatic rings. The molecule has 1 N–H and O–H groups in total. The predicted octanol–water partition coefficient (Wildman–Crippen LogP) is 4.46. The fourth-order valence-corrected chi connectivity index (χ4v) is 4.36. The van der Waals surface area contributed by atoms with Crippen LogP contribution in [0.3, 0.4) is 0 Å². The van der Waals surface area contributed by atoms with Crippen LogP contribution in [-0.2, 0) is 13.1 Å². The molecule has 0 spiro atoms. The molecule has 38 heavy (non-hydrogen) atoms. The molecule has 0 atom stereocenters. The summed E-state index contributed by atoms with van der Waals surface area (Å²) in [5, 5.41) is 3.79. The van der Waals surface area contributed by atoms with Gasteiger partial charge in [0.15, 0.2) is 11.5 Å². The summed E-state index contributed by atoms with van der Waals surface area (Å²) in [6, 6.07) is 17.3. The van der Waals surface area contributed by atoms with E-state index in [4.69, 9.17) is 21.1 Å². The molecule has 1 amide bonds.